The predicted molar refractivity (Wildman–Crippen MR) is 82.4 cm³/mol. The van der Waals surface area contributed by atoms with Crippen LogP contribution in [0.25, 0.3) is 11.3 Å². The van der Waals surface area contributed by atoms with Gasteiger partial charge < -0.3 is 9.84 Å². The van der Waals surface area contributed by atoms with E-state index in [0.717, 1.165) is 0 Å². The number of benzene rings is 1. The van der Waals surface area contributed by atoms with Crippen LogP contribution in [0.3, 0.4) is 0 Å². The summed E-state index contributed by atoms with van der Waals surface area (Å²) in [4.78, 5) is 23.4. The van der Waals surface area contributed by atoms with E-state index in [9.17, 15) is 14.7 Å². The van der Waals surface area contributed by atoms with Crippen LogP contribution >= 0.6 is 0 Å². The van der Waals surface area contributed by atoms with E-state index in [1.54, 1.807) is 12.1 Å². The summed E-state index contributed by atoms with van der Waals surface area (Å²) in [6.07, 6.45) is 0.683. The van der Waals surface area contributed by atoms with Gasteiger partial charge in [0.1, 0.15) is 11.3 Å². The van der Waals surface area contributed by atoms with Gasteiger partial charge in [-0.15, -0.1) is 0 Å². The number of hydrogen-bond acceptors (Lipinski definition) is 4. The Morgan fingerprint density at radius 2 is 2.05 bits per heavy atom. The fourth-order valence-corrected chi connectivity index (χ4v) is 2.15. The molecule has 1 N–H and O–H groups in total. The summed E-state index contributed by atoms with van der Waals surface area (Å²) < 4.78 is 6.74. The molecule has 0 bridgehead atoms. The highest BCUT2D eigenvalue weighted by molar-refractivity contribution is 5.88. The van der Waals surface area contributed by atoms with Crippen LogP contribution in [0.2, 0.25) is 0 Å². The van der Waals surface area contributed by atoms with Crippen molar-refractivity contribution in [2.75, 3.05) is 6.61 Å². The van der Waals surface area contributed by atoms with Gasteiger partial charge >= 0.3 is 5.97 Å². The van der Waals surface area contributed by atoms with Crippen molar-refractivity contribution in [1.82, 2.24) is 9.78 Å². The monoisotopic (exact) mass is 302 g/mol. The fraction of sp³-hybridized carbons (Fsp3) is 0.312. The zero-order chi connectivity index (χ0) is 16.1. The fourth-order valence-electron chi connectivity index (χ4n) is 2.15. The third-order valence-electron chi connectivity index (χ3n) is 3.10. The van der Waals surface area contributed by atoms with E-state index in [-0.39, 0.29) is 5.56 Å². The van der Waals surface area contributed by atoms with Gasteiger partial charge in [-0.05, 0) is 31.5 Å². The molecular weight excluding hydrogens is 284 g/mol. The number of ether oxygens (including phenoxy) is 1. The number of carboxylic acid groups (broad SMARTS) is 1. The molecule has 0 radical (unpaired) electrons. The summed E-state index contributed by atoms with van der Waals surface area (Å²) in [6.45, 7) is 4.61. The zero-order valence-corrected chi connectivity index (χ0v) is 12.6. The smallest absolute Gasteiger partial charge is 0.341 e. The van der Waals surface area contributed by atoms with Gasteiger partial charge in [-0.3, -0.25) is 4.79 Å². The number of carboxylic acids is 1. The van der Waals surface area contributed by atoms with Crippen molar-refractivity contribution >= 4 is 5.97 Å². The third kappa shape index (κ3) is 3.16. The molecule has 22 heavy (non-hydrogen) atoms. The average Bonchev–Trinajstić information content (AvgIpc) is 2.50. The highest BCUT2D eigenvalue weighted by atomic mass is 16.5. The average molecular weight is 302 g/mol. The standard InChI is InChI=1S/C16H18N2O4/c1-3-9-18-15(19)12(16(20)21)10-13(17-18)11-7-5-6-8-14(11)22-4-2/h5-8,10H,3-4,9H2,1-2H3,(H,20,21). The van der Waals surface area contributed by atoms with Gasteiger partial charge in [0, 0.05) is 12.1 Å². The topological polar surface area (TPSA) is 81.4 Å². The Labute approximate surface area is 128 Å². The maximum atomic E-state index is 12.1. The number of carbonyl (C=O) groups is 1. The Kier molecular flexibility index (Phi) is 4.93. The van der Waals surface area contributed by atoms with Gasteiger partial charge in [-0.2, -0.15) is 5.10 Å². The lowest BCUT2D eigenvalue weighted by molar-refractivity contribution is 0.0693. The van der Waals surface area contributed by atoms with Crippen LogP contribution in [0.1, 0.15) is 30.6 Å². The molecule has 1 heterocycles. The molecule has 2 rings (SSSR count). The van der Waals surface area contributed by atoms with Crippen LogP contribution in [0, 0.1) is 0 Å². The zero-order valence-electron chi connectivity index (χ0n) is 12.6. The highest BCUT2D eigenvalue weighted by Gasteiger charge is 2.17. The highest BCUT2D eigenvalue weighted by Crippen LogP contribution is 2.28. The second-order valence-electron chi connectivity index (χ2n) is 4.71. The molecule has 0 atom stereocenters. The second kappa shape index (κ2) is 6.89. The molecule has 116 valence electrons. The van der Waals surface area contributed by atoms with Crippen molar-refractivity contribution in [3.63, 3.8) is 0 Å². The molecule has 0 saturated carbocycles. The van der Waals surface area contributed by atoms with Gasteiger partial charge in [-0.25, -0.2) is 9.48 Å². The molecule has 0 aliphatic carbocycles. The maximum Gasteiger partial charge on any atom is 0.341 e. The van der Waals surface area contributed by atoms with Crippen molar-refractivity contribution in [2.45, 2.75) is 26.8 Å². The first-order valence-corrected chi connectivity index (χ1v) is 7.16. The number of hydrogen-bond donors (Lipinski definition) is 1. The minimum Gasteiger partial charge on any atom is -0.493 e. The van der Waals surface area contributed by atoms with Crippen LogP contribution in [-0.2, 0) is 6.54 Å². The van der Waals surface area contributed by atoms with E-state index in [1.165, 1.54) is 10.7 Å². The molecule has 0 spiro atoms. The quantitative estimate of drug-likeness (QED) is 0.886. The largest absolute Gasteiger partial charge is 0.493 e. The first-order chi connectivity index (χ1) is 10.6. The summed E-state index contributed by atoms with van der Waals surface area (Å²) in [7, 11) is 0. The summed E-state index contributed by atoms with van der Waals surface area (Å²) >= 11 is 0. The summed E-state index contributed by atoms with van der Waals surface area (Å²) in [5.74, 6) is -0.650. The SMILES string of the molecule is CCCn1nc(-c2ccccc2OCC)cc(C(=O)O)c1=O. The molecule has 0 amide bonds. The molecule has 2 aromatic rings. The van der Waals surface area contributed by atoms with Gasteiger partial charge in [0.25, 0.3) is 5.56 Å². The van der Waals surface area contributed by atoms with Crippen molar-refractivity contribution in [2.24, 2.45) is 0 Å². The number of nitrogens with zero attached hydrogens (tertiary/aromatic N) is 2. The number of aromatic carboxylic acids is 1. The van der Waals surface area contributed by atoms with Crippen molar-refractivity contribution in [3.8, 4) is 17.0 Å². The van der Waals surface area contributed by atoms with Crippen LogP contribution in [-0.4, -0.2) is 27.5 Å². The molecule has 6 nitrogen and oxygen atoms in total. The molecule has 1 aromatic heterocycles. The first-order valence-electron chi connectivity index (χ1n) is 7.16. The second-order valence-corrected chi connectivity index (χ2v) is 4.71. The van der Waals surface area contributed by atoms with E-state index >= 15 is 0 Å². The van der Waals surface area contributed by atoms with E-state index < -0.39 is 11.5 Å². The summed E-state index contributed by atoms with van der Waals surface area (Å²) in [6, 6.07) is 8.52. The predicted octanol–water partition coefficient (Wildman–Crippen LogP) is 2.42. The Morgan fingerprint density at radius 1 is 1.32 bits per heavy atom. The molecule has 1 aromatic carbocycles. The van der Waals surface area contributed by atoms with Gasteiger partial charge in [0.05, 0.1) is 12.3 Å². The minimum atomic E-state index is -1.26. The molecular formula is C16H18N2O4. The van der Waals surface area contributed by atoms with E-state index in [4.69, 9.17) is 4.74 Å². The molecule has 0 aliphatic rings. The van der Waals surface area contributed by atoms with Crippen LogP contribution in [0.5, 0.6) is 5.75 Å². The van der Waals surface area contributed by atoms with Crippen LogP contribution in [0.15, 0.2) is 35.1 Å². The molecule has 0 fully saturated rings. The number of aryl methyl sites for hydroxylation is 1. The van der Waals surface area contributed by atoms with Gasteiger partial charge in [-0.1, -0.05) is 19.1 Å². The van der Waals surface area contributed by atoms with Crippen molar-refractivity contribution in [3.05, 3.63) is 46.2 Å². The van der Waals surface area contributed by atoms with E-state index in [1.807, 2.05) is 26.0 Å². The lowest BCUT2D eigenvalue weighted by Gasteiger charge is -2.12. The summed E-state index contributed by atoms with van der Waals surface area (Å²) in [5.41, 5.74) is 0.197. The molecule has 0 saturated heterocycles. The Bertz CT molecular complexity index is 737. The number of rotatable bonds is 6. The van der Waals surface area contributed by atoms with E-state index in [0.29, 0.717) is 36.6 Å². The Balaban J connectivity index is 2.65. The lowest BCUT2D eigenvalue weighted by Crippen LogP contribution is -2.29. The van der Waals surface area contributed by atoms with Gasteiger partial charge in [0.2, 0.25) is 0 Å². The Morgan fingerprint density at radius 3 is 2.68 bits per heavy atom. The maximum absolute atomic E-state index is 12.1. The van der Waals surface area contributed by atoms with Crippen molar-refractivity contribution < 1.29 is 14.6 Å². The van der Waals surface area contributed by atoms with E-state index in [2.05, 4.69) is 5.10 Å². The third-order valence-corrected chi connectivity index (χ3v) is 3.10. The lowest BCUT2D eigenvalue weighted by atomic mass is 10.1. The van der Waals surface area contributed by atoms with Crippen LogP contribution < -0.4 is 10.3 Å². The molecule has 0 aliphatic heterocycles. The number of para-hydroxylation sites is 1. The van der Waals surface area contributed by atoms with Crippen LogP contribution in [0.4, 0.5) is 0 Å². The Hall–Kier alpha value is -2.63. The minimum absolute atomic E-state index is 0.287. The normalized spacial score (nSPS) is 10.5. The molecule has 6 heteroatoms. The van der Waals surface area contributed by atoms with Crippen molar-refractivity contribution in [1.29, 1.82) is 0 Å². The molecule has 0 unspecified atom stereocenters. The van der Waals surface area contributed by atoms with Gasteiger partial charge in [0.15, 0.2) is 0 Å². The number of aromatic nitrogens is 2. The first kappa shape index (κ1) is 15.8. The summed E-state index contributed by atoms with van der Waals surface area (Å²) in [5, 5.41) is 13.5.